The summed E-state index contributed by atoms with van der Waals surface area (Å²) in [6.45, 7) is 2.36. The monoisotopic (exact) mass is 408 g/mol. The second-order valence-electron chi connectivity index (χ2n) is 7.84. The Morgan fingerprint density at radius 3 is 2.30 bits per heavy atom. The maximum absolute atomic E-state index is 13.1. The molecule has 0 aromatic heterocycles. The average Bonchev–Trinajstić information content (AvgIpc) is 3.29. The van der Waals surface area contributed by atoms with Crippen molar-refractivity contribution in [2.75, 3.05) is 13.2 Å². The number of rotatable bonds is 10. The fourth-order valence-corrected chi connectivity index (χ4v) is 4.01. The Labute approximate surface area is 179 Å². The summed E-state index contributed by atoms with van der Waals surface area (Å²) < 4.78 is 5.69. The van der Waals surface area contributed by atoms with Crippen molar-refractivity contribution in [3.8, 4) is 5.75 Å². The number of hydrogen-bond donors (Lipinski definition) is 1. The van der Waals surface area contributed by atoms with Gasteiger partial charge in [-0.05, 0) is 43.4 Å². The van der Waals surface area contributed by atoms with Gasteiger partial charge in [0.05, 0.1) is 0 Å². The van der Waals surface area contributed by atoms with E-state index >= 15 is 0 Å². The summed E-state index contributed by atoms with van der Waals surface area (Å²) in [4.78, 5) is 27.8. The highest BCUT2D eigenvalue weighted by Gasteiger charge is 2.30. The predicted molar refractivity (Wildman–Crippen MR) is 118 cm³/mol. The molecule has 1 atom stereocenters. The number of carbonyl (C=O) groups excluding carboxylic acids is 2. The number of hydrogen-bond acceptors (Lipinski definition) is 3. The highest BCUT2D eigenvalue weighted by atomic mass is 16.5. The predicted octanol–water partition coefficient (Wildman–Crippen LogP) is 3.97. The largest absolute Gasteiger partial charge is 0.484 e. The molecule has 1 aliphatic carbocycles. The van der Waals surface area contributed by atoms with Gasteiger partial charge in [-0.25, -0.2) is 0 Å². The normalized spacial score (nSPS) is 14.8. The van der Waals surface area contributed by atoms with Gasteiger partial charge in [0, 0.05) is 12.6 Å². The van der Waals surface area contributed by atoms with Crippen molar-refractivity contribution < 1.29 is 14.3 Å². The first-order chi connectivity index (χ1) is 14.7. The van der Waals surface area contributed by atoms with Gasteiger partial charge < -0.3 is 15.0 Å². The number of nitrogens with one attached hydrogen (secondary N) is 1. The summed E-state index contributed by atoms with van der Waals surface area (Å²) in [6, 6.07) is 19.1. The van der Waals surface area contributed by atoms with E-state index in [-0.39, 0.29) is 24.5 Å². The van der Waals surface area contributed by atoms with E-state index in [1.54, 1.807) is 4.90 Å². The van der Waals surface area contributed by atoms with E-state index in [0.29, 0.717) is 25.1 Å². The van der Waals surface area contributed by atoms with Crippen molar-refractivity contribution >= 4 is 11.8 Å². The number of amides is 2. The van der Waals surface area contributed by atoms with Gasteiger partial charge in [-0.1, -0.05) is 68.3 Å². The van der Waals surface area contributed by atoms with Crippen molar-refractivity contribution in [2.45, 2.75) is 57.5 Å². The molecule has 2 aromatic carbocycles. The first-order valence-electron chi connectivity index (χ1n) is 11.0. The van der Waals surface area contributed by atoms with Crippen LogP contribution in [0.15, 0.2) is 60.7 Å². The summed E-state index contributed by atoms with van der Waals surface area (Å²) in [6.07, 6.45) is 5.64. The fraction of sp³-hybridized carbons (Fsp3) is 0.440. The van der Waals surface area contributed by atoms with E-state index in [2.05, 4.69) is 5.32 Å². The fourth-order valence-electron chi connectivity index (χ4n) is 4.01. The molecule has 1 fully saturated rings. The number of nitrogens with zero attached hydrogens (tertiary/aromatic N) is 1. The molecule has 0 saturated heterocycles. The van der Waals surface area contributed by atoms with Crippen LogP contribution in [0.4, 0.5) is 0 Å². The lowest BCUT2D eigenvalue weighted by atomic mass is 10.1. The van der Waals surface area contributed by atoms with Crippen LogP contribution in [-0.4, -0.2) is 41.9 Å². The molecule has 0 unspecified atom stereocenters. The van der Waals surface area contributed by atoms with Crippen LogP contribution in [0.5, 0.6) is 5.75 Å². The van der Waals surface area contributed by atoms with Crippen LogP contribution in [0, 0.1) is 0 Å². The molecule has 3 rings (SSSR count). The number of ether oxygens (including phenoxy) is 1. The quantitative estimate of drug-likeness (QED) is 0.647. The van der Waals surface area contributed by atoms with Gasteiger partial charge in [0.1, 0.15) is 11.8 Å². The van der Waals surface area contributed by atoms with Crippen LogP contribution in [0.1, 0.15) is 44.6 Å². The van der Waals surface area contributed by atoms with Crippen LogP contribution in [-0.2, 0) is 16.0 Å². The van der Waals surface area contributed by atoms with Crippen LogP contribution >= 0.6 is 0 Å². The Hall–Kier alpha value is -2.82. The van der Waals surface area contributed by atoms with E-state index in [0.717, 1.165) is 31.2 Å². The van der Waals surface area contributed by atoms with Crippen LogP contribution in [0.3, 0.4) is 0 Å². The Morgan fingerprint density at radius 2 is 1.67 bits per heavy atom. The molecular weight excluding hydrogens is 376 g/mol. The first-order valence-corrected chi connectivity index (χ1v) is 11.0. The van der Waals surface area contributed by atoms with Gasteiger partial charge in [0.15, 0.2) is 6.61 Å². The maximum Gasteiger partial charge on any atom is 0.261 e. The first kappa shape index (κ1) is 21.9. The molecule has 0 radical (unpaired) electrons. The number of para-hydroxylation sites is 1. The molecule has 2 aromatic rings. The van der Waals surface area contributed by atoms with Gasteiger partial charge in [-0.15, -0.1) is 0 Å². The highest BCUT2D eigenvalue weighted by molar-refractivity contribution is 5.88. The zero-order valence-electron chi connectivity index (χ0n) is 17.8. The third kappa shape index (κ3) is 6.34. The summed E-state index contributed by atoms with van der Waals surface area (Å²) in [5.74, 6) is 0.436. The van der Waals surface area contributed by atoms with E-state index in [9.17, 15) is 9.59 Å². The molecule has 0 spiro atoms. The Bertz CT molecular complexity index is 789. The minimum atomic E-state index is -0.485. The topological polar surface area (TPSA) is 58.6 Å². The minimum Gasteiger partial charge on any atom is -0.484 e. The van der Waals surface area contributed by atoms with Gasteiger partial charge in [-0.3, -0.25) is 9.59 Å². The minimum absolute atomic E-state index is 0.0504. The lowest BCUT2D eigenvalue weighted by Gasteiger charge is -2.31. The van der Waals surface area contributed by atoms with E-state index in [4.69, 9.17) is 4.74 Å². The number of carbonyl (C=O) groups is 2. The molecule has 0 heterocycles. The van der Waals surface area contributed by atoms with E-state index in [1.165, 1.54) is 0 Å². The molecule has 1 aliphatic rings. The highest BCUT2D eigenvalue weighted by Crippen LogP contribution is 2.19. The average molecular weight is 409 g/mol. The van der Waals surface area contributed by atoms with Crippen molar-refractivity contribution in [1.29, 1.82) is 0 Å². The zero-order chi connectivity index (χ0) is 21.2. The molecule has 2 amide bonds. The van der Waals surface area contributed by atoms with Crippen molar-refractivity contribution in [3.05, 3.63) is 66.2 Å². The van der Waals surface area contributed by atoms with Gasteiger partial charge >= 0.3 is 0 Å². The molecule has 0 bridgehead atoms. The lowest BCUT2D eigenvalue weighted by molar-refractivity contribution is -0.142. The Balaban J connectivity index is 1.68. The van der Waals surface area contributed by atoms with Crippen molar-refractivity contribution in [1.82, 2.24) is 10.2 Å². The molecule has 30 heavy (non-hydrogen) atoms. The second kappa shape index (κ2) is 11.4. The third-order valence-electron chi connectivity index (χ3n) is 5.68. The van der Waals surface area contributed by atoms with Gasteiger partial charge in [-0.2, -0.15) is 0 Å². The van der Waals surface area contributed by atoms with E-state index in [1.807, 2.05) is 67.6 Å². The van der Waals surface area contributed by atoms with Crippen molar-refractivity contribution in [3.63, 3.8) is 0 Å². The molecule has 1 N–H and O–H groups in total. The molecule has 5 heteroatoms. The Kier molecular flexibility index (Phi) is 8.30. The number of benzene rings is 2. The lowest BCUT2D eigenvalue weighted by Crippen LogP contribution is -2.52. The van der Waals surface area contributed by atoms with Crippen LogP contribution < -0.4 is 10.1 Å². The van der Waals surface area contributed by atoms with Crippen molar-refractivity contribution in [2.24, 2.45) is 0 Å². The molecule has 1 saturated carbocycles. The molecule has 0 aliphatic heterocycles. The zero-order valence-corrected chi connectivity index (χ0v) is 17.8. The Morgan fingerprint density at radius 1 is 1.03 bits per heavy atom. The maximum atomic E-state index is 13.1. The van der Waals surface area contributed by atoms with Gasteiger partial charge in [0.2, 0.25) is 5.91 Å². The smallest absolute Gasteiger partial charge is 0.261 e. The van der Waals surface area contributed by atoms with Gasteiger partial charge in [0.25, 0.3) is 5.91 Å². The summed E-state index contributed by atoms with van der Waals surface area (Å²) >= 11 is 0. The molecule has 5 nitrogen and oxygen atoms in total. The third-order valence-corrected chi connectivity index (χ3v) is 5.68. The summed E-state index contributed by atoms with van der Waals surface area (Å²) in [5, 5.41) is 3.16. The standard InChI is InChI=1S/C25H32N2O3/c1-2-23(25(29)26-21-13-9-10-14-21)27(18-17-20-11-5-3-6-12-20)24(28)19-30-22-15-7-4-8-16-22/h3-8,11-12,15-16,21,23H,2,9-10,13-14,17-19H2,1H3,(H,26,29)/t23-/m0/s1. The molecular formula is C25H32N2O3. The second-order valence-corrected chi connectivity index (χ2v) is 7.84. The SMILES string of the molecule is CC[C@@H](C(=O)NC1CCCC1)N(CCc1ccccc1)C(=O)COc1ccccc1. The van der Waals surface area contributed by atoms with E-state index < -0.39 is 6.04 Å². The van der Waals surface area contributed by atoms with Crippen LogP contribution in [0.25, 0.3) is 0 Å². The summed E-state index contributed by atoms with van der Waals surface area (Å²) in [7, 11) is 0. The molecule has 160 valence electrons. The summed E-state index contributed by atoms with van der Waals surface area (Å²) in [5.41, 5.74) is 1.14. The van der Waals surface area contributed by atoms with Crippen LogP contribution in [0.2, 0.25) is 0 Å².